The van der Waals surface area contributed by atoms with Crippen molar-refractivity contribution in [2.45, 2.75) is 31.7 Å². The van der Waals surface area contributed by atoms with Crippen LogP contribution in [-0.2, 0) is 14.8 Å². The van der Waals surface area contributed by atoms with E-state index >= 15 is 0 Å². The van der Waals surface area contributed by atoms with Crippen molar-refractivity contribution in [3.8, 4) is 0 Å². The van der Waals surface area contributed by atoms with Crippen LogP contribution in [0.5, 0.6) is 0 Å². The van der Waals surface area contributed by atoms with Gasteiger partial charge < -0.3 is 10.1 Å². The molecule has 1 aromatic carbocycles. The number of benzene rings is 1. The highest BCUT2D eigenvalue weighted by atomic mass is 32.2. The van der Waals surface area contributed by atoms with Gasteiger partial charge in [0.05, 0.1) is 17.5 Å². The van der Waals surface area contributed by atoms with Crippen molar-refractivity contribution in [3.05, 3.63) is 29.3 Å². The van der Waals surface area contributed by atoms with E-state index in [1.807, 2.05) is 13.8 Å². The van der Waals surface area contributed by atoms with E-state index < -0.39 is 10.0 Å². The number of nitrogens with one attached hydrogen (secondary N) is 1. The first-order valence-electron chi connectivity index (χ1n) is 6.60. The van der Waals surface area contributed by atoms with Crippen LogP contribution in [-0.4, -0.2) is 34.1 Å². The second kappa shape index (κ2) is 7.02. The molecule has 3 N–H and O–H groups in total. The maximum atomic E-state index is 12.3. The second-order valence-electron chi connectivity index (χ2n) is 5.30. The molecule has 0 aliphatic heterocycles. The van der Waals surface area contributed by atoms with Gasteiger partial charge in [0.15, 0.2) is 0 Å². The van der Waals surface area contributed by atoms with Gasteiger partial charge in [-0.2, -0.15) is 0 Å². The zero-order valence-corrected chi connectivity index (χ0v) is 13.5. The van der Waals surface area contributed by atoms with E-state index in [0.717, 1.165) is 0 Å². The van der Waals surface area contributed by atoms with Gasteiger partial charge in [-0.25, -0.2) is 13.6 Å². The number of hydrogen-bond acceptors (Lipinski definition) is 4. The summed E-state index contributed by atoms with van der Waals surface area (Å²) in [5.74, 6) is -0.149. The quantitative estimate of drug-likeness (QED) is 0.819. The number of aryl methyl sites for hydroxylation is 1. The van der Waals surface area contributed by atoms with E-state index in [4.69, 9.17) is 9.88 Å². The highest BCUT2D eigenvalue weighted by molar-refractivity contribution is 7.89. The Kier molecular flexibility index (Phi) is 5.88. The van der Waals surface area contributed by atoms with E-state index in [0.29, 0.717) is 17.7 Å². The summed E-state index contributed by atoms with van der Waals surface area (Å²) in [4.78, 5) is 12.3. The fourth-order valence-electron chi connectivity index (χ4n) is 1.85. The number of rotatable bonds is 6. The number of amides is 1. The van der Waals surface area contributed by atoms with Gasteiger partial charge >= 0.3 is 0 Å². The number of nitrogens with two attached hydrogens (primary N) is 1. The van der Waals surface area contributed by atoms with Gasteiger partial charge in [0.1, 0.15) is 0 Å². The molecule has 1 rings (SSSR count). The number of carbonyl (C=O) groups is 1. The Labute approximate surface area is 125 Å². The molecule has 6 nitrogen and oxygen atoms in total. The Morgan fingerprint density at radius 2 is 2.00 bits per heavy atom. The van der Waals surface area contributed by atoms with Gasteiger partial charge in [-0.3, -0.25) is 4.79 Å². The lowest BCUT2D eigenvalue weighted by molar-refractivity contribution is 0.0866. The Hall–Kier alpha value is -1.44. The summed E-state index contributed by atoms with van der Waals surface area (Å²) in [5, 5.41) is 7.95. The number of sulfonamides is 1. The van der Waals surface area contributed by atoms with Crippen LogP contribution in [0.1, 0.15) is 29.8 Å². The van der Waals surface area contributed by atoms with Gasteiger partial charge in [-0.05, 0) is 30.5 Å². The largest absolute Gasteiger partial charge is 0.383 e. The summed E-state index contributed by atoms with van der Waals surface area (Å²) >= 11 is 0. The molecule has 0 saturated carbocycles. The first-order valence-corrected chi connectivity index (χ1v) is 8.14. The smallest absolute Gasteiger partial charge is 0.251 e. The number of methoxy groups -OCH3 is 1. The van der Waals surface area contributed by atoms with E-state index in [1.54, 1.807) is 20.1 Å². The van der Waals surface area contributed by atoms with Crippen molar-refractivity contribution in [1.82, 2.24) is 5.32 Å². The van der Waals surface area contributed by atoms with Crippen LogP contribution in [0, 0.1) is 12.8 Å². The van der Waals surface area contributed by atoms with Crippen LogP contribution in [0.3, 0.4) is 0 Å². The van der Waals surface area contributed by atoms with Gasteiger partial charge in [0, 0.05) is 12.7 Å². The van der Waals surface area contributed by atoms with Crippen molar-refractivity contribution in [1.29, 1.82) is 0 Å². The Morgan fingerprint density at radius 3 is 2.48 bits per heavy atom. The minimum atomic E-state index is -3.84. The molecular weight excluding hydrogens is 292 g/mol. The molecule has 1 unspecified atom stereocenters. The predicted octanol–water partition coefficient (Wildman–Crippen LogP) is 1.04. The molecule has 0 radical (unpaired) electrons. The van der Waals surface area contributed by atoms with Gasteiger partial charge in [0.25, 0.3) is 5.91 Å². The zero-order chi connectivity index (χ0) is 16.2. The third-order valence-electron chi connectivity index (χ3n) is 3.25. The van der Waals surface area contributed by atoms with Crippen molar-refractivity contribution in [3.63, 3.8) is 0 Å². The lowest BCUT2D eigenvalue weighted by atomic mass is 10.0. The minimum absolute atomic E-state index is 0.0777. The SMILES string of the molecule is COCC(NC(=O)c1cc(S(N)(=O)=O)ccc1C)C(C)C. The predicted molar refractivity (Wildman–Crippen MR) is 80.5 cm³/mol. The highest BCUT2D eigenvalue weighted by Gasteiger charge is 2.20. The fourth-order valence-corrected chi connectivity index (χ4v) is 2.39. The van der Waals surface area contributed by atoms with Crippen molar-refractivity contribution in [2.24, 2.45) is 11.1 Å². The molecule has 7 heteroatoms. The lowest BCUT2D eigenvalue weighted by Gasteiger charge is -2.22. The molecule has 1 aromatic rings. The topological polar surface area (TPSA) is 98.5 Å². The molecule has 0 bridgehead atoms. The number of primary sulfonamides is 1. The Balaban J connectivity index is 3.07. The summed E-state index contributed by atoms with van der Waals surface area (Å²) < 4.78 is 27.8. The molecule has 21 heavy (non-hydrogen) atoms. The van der Waals surface area contributed by atoms with Gasteiger partial charge in [-0.1, -0.05) is 19.9 Å². The van der Waals surface area contributed by atoms with Gasteiger partial charge in [0.2, 0.25) is 10.0 Å². The van der Waals surface area contributed by atoms with Crippen LogP contribution in [0.25, 0.3) is 0 Å². The van der Waals surface area contributed by atoms with Crippen LogP contribution in [0.2, 0.25) is 0 Å². The third-order valence-corrected chi connectivity index (χ3v) is 4.16. The minimum Gasteiger partial charge on any atom is -0.383 e. The molecular formula is C14H22N2O4S. The summed E-state index contributed by atoms with van der Waals surface area (Å²) in [6.45, 7) is 6.06. The second-order valence-corrected chi connectivity index (χ2v) is 6.86. The van der Waals surface area contributed by atoms with Crippen LogP contribution < -0.4 is 10.5 Å². The molecule has 0 heterocycles. The maximum absolute atomic E-state index is 12.3. The molecule has 0 fully saturated rings. The number of hydrogen-bond donors (Lipinski definition) is 2. The van der Waals surface area contributed by atoms with Gasteiger partial charge in [-0.15, -0.1) is 0 Å². The first-order chi connectivity index (χ1) is 9.66. The van der Waals surface area contributed by atoms with Crippen LogP contribution in [0.15, 0.2) is 23.1 Å². The number of ether oxygens (including phenoxy) is 1. The molecule has 0 spiro atoms. The van der Waals surface area contributed by atoms with E-state index in [2.05, 4.69) is 5.32 Å². The number of carbonyl (C=O) groups excluding carboxylic acids is 1. The summed E-state index contributed by atoms with van der Waals surface area (Å²) in [6.07, 6.45) is 0. The zero-order valence-electron chi connectivity index (χ0n) is 12.7. The standard InChI is InChI=1S/C14H22N2O4S/c1-9(2)13(8-20-4)16-14(17)12-7-11(21(15,18)19)6-5-10(12)3/h5-7,9,13H,8H2,1-4H3,(H,16,17)(H2,15,18,19). The molecule has 1 amide bonds. The fraction of sp³-hybridized carbons (Fsp3) is 0.500. The molecule has 1 atom stereocenters. The molecule has 0 aromatic heterocycles. The average Bonchev–Trinajstić information content (AvgIpc) is 2.36. The van der Waals surface area contributed by atoms with Crippen molar-refractivity contribution < 1.29 is 17.9 Å². The Morgan fingerprint density at radius 1 is 1.38 bits per heavy atom. The molecule has 0 aliphatic rings. The van der Waals surface area contributed by atoms with Crippen molar-refractivity contribution >= 4 is 15.9 Å². The lowest BCUT2D eigenvalue weighted by Crippen LogP contribution is -2.41. The van der Waals surface area contributed by atoms with Crippen LogP contribution >= 0.6 is 0 Å². The molecule has 0 saturated heterocycles. The van der Waals surface area contributed by atoms with Crippen molar-refractivity contribution in [2.75, 3.05) is 13.7 Å². The maximum Gasteiger partial charge on any atom is 0.251 e. The summed E-state index contributed by atoms with van der Waals surface area (Å²) in [7, 11) is -2.27. The molecule has 118 valence electrons. The third kappa shape index (κ3) is 4.80. The normalized spacial score (nSPS) is 13.2. The monoisotopic (exact) mass is 314 g/mol. The van der Waals surface area contributed by atoms with E-state index in [1.165, 1.54) is 12.1 Å². The highest BCUT2D eigenvalue weighted by Crippen LogP contribution is 2.15. The van der Waals surface area contributed by atoms with Crippen LogP contribution in [0.4, 0.5) is 0 Å². The molecule has 0 aliphatic carbocycles. The first kappa shape index (κ1) is 17.6. The Bertz CT molecular complexity index is 611. The summed E-state index contributed by atoms with van der Waals surface area (Å²) in [6, 6.07) is 4.09. The average molecular weight is 314 g/mol. The van der Waals surface area contributed by atoms with E-state index in [9.17, 15) is 13.2 Å². The summed E-state index contributed by atoms with van der Waals surface area (Å²) in [5.41, 5.74) is 0.975. The van der Waals surface area contributed by atoms with E-state index in [-0.39, 0.29) is 22.8 Å².